The molecule has 0 radical (unpaired) electrons. The number of fused-ring (bicyclic) bond motifs is 1. The van der Waals surface area contributed by atoms with Crippen molar-refractivity contribution in [2.75, 3.05) is 12.4 Å². The van der Waals surface area contributed by atoms with E-state index in [1.54, 1.807) is 18.4 Å². The molecule has 4 aromatic rings. The van der Waals surface area contributed by atoms with Gasteiger partial charge in [-0.2, -0.15) is 0 Å². The lowest BCUT2D eigenvalue weighted by molar-refractivity contribution is 0.414. The Labute approximate surface area is 162 Å². The van der Waals surface area contributed by atoms with Gasteiger partial charge in [-0.05, 0) is 47.7 Å². The zero-order valence-electron chi connectivity index (χ0n) is 15.2. The van der Waals surface area contributed by atoms with Crippen LogP contribution in [-0.4, -0.2) is 16.5 Å². The summed E-state index contributed by atoms with van der Waals surface area (Å²) in [5, 5.41) is 5.56. The maximum Gasteiger partial charge on any atom is 0.140 e. The van der Waals surface area contributed by atoms with Gasteiger partial charge in [0.25, 0.3) is 0 Å². The highest BCUT2D eigenvalue weighted by molar-refractivity contribution is 7.13. The summed E-state index contributed by atoms with van der Waals surface area (Å²) in [6.45, 7) is 2.75. The van der Waals surface area contributed by atoms with Crippen molar-refractivity contribution < 1.29 is 4.74 Å². The molecule has 0 aliphatic carbocycles. The van der Waals surface area contributed by atoms with E-state index >= 15 is 0 Å². The molecule has 1 N–H and O–H groups in total. The van der Waals surface area contributed by atoms with E-state index in [4.69, 9.17) is 16.1 Å². The van der Waals surface area contributed by atoms with Crippen LogP contribution in [0.15, 0.2) is 54.0 Å². The van der Waals surface area contributed by atoms with Gasteiger partial charge in [-0.15, -0.1) is 17.8 Å². The smallest absolute Gasteiger partial charge is 0.140 e. The molecule has 0 saturated heterocycles. The van der Waals surface area contributed by atoms with Crippen LogP contribution in [0.2, 0.25) is 0 Å². The van der Waals surface area contributed by atoms with Crippen LogP contribution in [0.25, 0.3) is 16.2 Å². The number of methoxy groups -OCH3 is 1. The summed E-state index contributed by atoms with van der Waals surface area (Å²) in [5.74, 6) is 4.56. The quantitative estimate of drug-likeness (QED) is 0.502. The molecule has 0 aliphatic heterocycles. The summed E-state index contributed by atoms with van der Waals surface area (Å²) in [4.78, 5) is 5.85. The zero-order valence-corrected chi connectivity index (χ0v) is 16.0. The second-order valence-corrected chi connectivity index (χ2v) is 7.17. The van der Waals surface area contributed by atoms with Gasteiger partial charge in [-0.3, -0.25) is 4.40 Å². The van der Waals surface area contributed by atoms with Gasteiger partial charge in [0, 0.05) is 18.3 Å². The summed E-state index contributed by atoms with van der Waals surface area (Å²) >= 11 is 1.61. The Hall–Kier alpha value is -3.23. The molecule has 0 saturated carbocycles. The Balaban J connectivity index is 1.76. The molecule has 0 amide bonds. The summed E-state index contributed by atoms with van der Waals surface area (Å²) in [5.41, 5.74) is 4.98. The predicted octanol–water partition coefficient (Wildman–Crippen LogP) is 4.97. The highest BCUT2D eigenvalue weighted by Gasteiger charge is 2.17. The van der Waals surface area contributed by atoms with Gasteiger partial charge in [0.1, 0.15) is 22.9 Å². The summed E-state index contributed by atoms with van der Waals surface area (Å²) < 4.78 is 7.32. The van der Waals surface area contributed by atoms with Crippen LogP contribution >= 0.6 is 11.3 Å². The molecule has 5 heteroatoms. The fourth-order valence-electron chi connectivity index (χ4n) is 3.01. The SMILES string of the molecule is C#Cc1ccsc1-c1nc2ccc(C)cn2c1NCc1ccc(OC)cc1. The number of hydrogen-bond donors (Lipinski definition) is 1. The van der Waals surface area contributed by atoms with Gasteiger partial charge in [0.05, 0.1) is 12.0 Å². The van der Waals surface area contributed by atoms with Crippen LogP contribution < -0.4 is 10.1 Å². The third-order valence-electron chi connectivity index (χ3n) is 4.42. The van der Waals surface area contributed by atoms with E-state index in [9.17, 15) is 0 Å². The Morgan fingerprint density at radius 1 is 1.19 bits per heavy atom. The highest BCUT2D eigenvalue weighted by atomic mass is 32.1. The standard InChI is InChI=1S/C22H19N3OS/c1-4-17-11-12-27-21(17)20-22(25-14-15(2)5-10-19(25)24-20)23-13-16-6-8-18(26-3)9-7-16/h1,5-12,14,23H,13H2,2-3H3. The van der Waals surface area contributed by atoms with E-state index in [1.165, 1.54) is 5.56 Å². The molecule has 0 atom stereocenters. The maximum atomic E-state index is 5.68. The van der Waals surface area contributed by atoms with E-state index in [1.807, 2.05) is 29.6 Å². The third kappa shape index (κ3) is 3.27. The van der Waals surface area contributed by atoms with Crippen LogP contribution in [0.4, 0.5) is 5.82 Å². The van der Waals surface area contributed by atoms with E-state index in [2.05, 4.69) is 47.0 Å². The highest BCUT2D eigenvalue weighted by Crippen LogP contribution is 2.35. The summed E-state index contributed by atoms with van der Waals surface area (Å²) in [7, 11) is 1.67. The number of aryl methyl sites for hydroxylation is 1. The van der Waals surface area contributed by atoms with Crippen molar-refractivity contribution in [1.82, 2.24) is 9.38 Å². The number of nitrogens with one attached hydrogen (secondary N) is 1. The van der Waals surface area contributed by atoms with Crippen molar-refractivity contribution in [2.24, 2.45) is 0 Å². The molecule has 0 bridgehead atoms. The van der Waals surface area contributed by atoms with Gasteiger partial charge >= 0.3 is 0 Å². The minimum Gasteiger partial charge on any atom is -0.497 e. The molecule has 3 heterocycles. The number of rotatable bonds is 5. The number of hydrogen-bond acceptors (Lipinski definition) is 4. The minimum atomic E-state index is 0.676. The van der Waals surface area contributed by atoms with Crippen LogP contribution in [-0.2, 0) is 6.54 Å². The lowest BCUT2D eigenvalue weighted by Gasteiger charge is -2.10. The van der Waals surface area contributed by atoms with Crippen LogP contribution in [0.5, 0.6) is 5.75 Å². The molecule has 3 aromatic heterocycles. The number of aromatic nitrogens is 2. The number of ether oxygens (including phenoxy) is 1. The van der Waals surface area contributed by atoms with Crippen molar-refractivity contribution in [3.05, 3.63) is 70.7 Å². The number of thiophene rings is 1. The number of anilines is 1. The van der Waals surface area contributed by atoms with E-state index in [0.717, 1.165) is 38.9 Å². The molecule has 4 rings (SSSR count). The Morgan fingerprint density at radius 2 is 2.00 bits per heavy atom. The molecule has 0 unspecified atom stereocenters. The molecule has 4 nitrogen and oxygen atoms in total. The Kier molecular flexibility index (Phi) is 4.57. The van der Waals surface area contributed by atoms with Crippen molar-refractivity contribution >= 4 is 22.8 Å². The van der Waals surface area contributed by atoms with E-state index in [0.29, 0.717) is 6.54 Å². The van der Waals surface area contributed by atoms with Crippen LogP contribution in [0.1, 0.15) is 16.7 Å². The average Bonchev–Trinajstić information content (AvgIpc) is 3.30. The fraction of sp³-hybridized carbons (Fsp3) is 0.136. The normalized spacial score (nSPS) is 10.7. The lowest BCUT2D eigenvalue weighted by Crippen LogP contribution is -2.03. The van der Waals surface area contributed by atoms with Gasteiger partial charge in [0.15, 0.2) is 0 Å². The molecule has 0 aliphatic rings. The number of imidazole rings is 1. The van der Waals surface area contributed by atoms with Crippen molar-refractivity contribution in [3.8, 4) is 28.7 Å². The van der Waals surface area contributed by atoms with E-state index < -0.39 is 0 Å². The number of nitrogens with zero attached hydrogens (tertiary/aromatic N) is 2. The molecule has 0 spiro atoms. The molecule has 134 valence electrons. The zero-order chi connectivity index (χ0) is 18.8. The first-order valence-corrected chi connectivity index (χ1v) is 9.47. The molecular weight excluding hydrogens is 354 g/mol. The van der Waals surface area contributed by atoms with Crippen LogP contribution in [0, 0.1) is 19.3 Å². The lowest BCUT2D eigenvalue weighted by atomic mass is 10.2. The monoisotopic (exact) mass is 373 g/mol. The number of benzene rings is 1. The molecular formula is C22H19N3OS. The summed E-state index contributed by atoms with van der Waals surface area (Å²) in [6.07, 6.45) is 7.77. The molecule has 0 fully saturated rings. The number of terminal acetylenes is 1. The van der Waals surface area contributed by atoms with Crippen molar-refractivity contribution in [2.45, 2.75) is 13.5 Å². The Bertz CT molecular complexity index is 1130. The van der Waals surface area contributed by atoms with E-state index in [-0.39, 0.29) is 0 Å². The first-order chi connectivity index (χ1) is 13.2. The fourth-order valence-corrected chi connectivity index (χ4v) is 3.86. The van der Waals surface area contributed by atoms with Crippen LogP contribution in [0.3, 0.4) is 0 Å². The third-order valence-corrected chi connectivity index (χ3v) is 5.34. The van der Waals surface area contributed by atoms with Gasteiger partial charge in [-0.1, -0.05) is 24.1 Å². The van der Waals surface area contributed by atoms with Crippen molar-refractivity contribution in [1.29, 1.82) is 0 Å². The second kappa shape index (κ2) is 7.18. The first kappa shape index (κ1) is 17.2. The minimum absolute atomic E-state index is 0.676. The summed E-state index contributed by atoms with van der Waals surface area (Å²) in [6, 6.07) is 14.1. The maximum absolute atomic E-state index is 5.68. The molecule has 1 aromatic carbocycles. The predicted molar refractivity (Wildman–Crippen MR) is 111 cm³/mol. The molecule has 27 heavy (non-hydrogen) atoms. The number of pyridine rings is 1. The topological polar surface area (TPSA) is 38.6 Å². The van der Waals surface area contributed by atoms with Gasteiger partial charge in [-0.25, -0.2) is 4.98 Å². The van der Waals surface area contributed by atoms with Gasteiger partial charge in [0.2, 0.25) is 0 Å². The van der Waals surface area contributed by atoms with Gasteiger partial charge < -0.3 is 10.1 Å². The largest absolute Gasteiger partial charge is 0.497 e. The van der Waals surface area contributed by atoms with Crippen molar-refractivity contribution in [3.63, 3.8) is 0 Å². The average molecular weight is 373 g/mol. The first-order valence-electron chi connectivity index (χ1n) is 8.59. The second-order valence-electron chi connectivity index (χ2n) is 6.25. The Morgan fingerprint density at radius 3 is 2.74 bits per heavy atom.